The van der Waals surface area contributed by atoms with Gasteiger partial charge in [0.05, 0.1) is 7.11 Å². The van der Waals surface area contributed by atoms with Gasteiger partial charge in [-0.15, -0.1) is 0 Å². The molecule has 24 heavy (non-hydrogen) atoms. The molecule has 4 nitrogen and oxygen atoms in total. The summed E-state index contributed by atoms with van der Waals surface area (Å²) < 4.78 is 5.29. The fourth-order valence-electron chi connectivity index (χ4n) is 3.99. The molecule has 4 heteroatoms. The highest BCUT2D eigenvalue weighted by molar-refractivity contribution is 5.96. The summed E-state index contributed by atoms with van der Waals surface area (Å²) >= 11 is 0. The zero-order valence-corrected chi connectivity index (χ0v) is 13.9. The number of nitrogens with zero attached hydrogens (tertiary/aromatic N) is 1. The van der Waals surface area contributed by atoms with Crippen LogP contribution >= 0.6 is 0 Å². The molecule has 0 spiro atoms. The molecule has 0 bridgehead atoms. The maximum Gasteiger partial charge on any atom is 0.251 e. The van der Waals surface area contributed by atoms with E-state index in [9.17, 15) is 4.79 Å². The number of likely N-dealkylation sites (tertiary alicyclic amines) is 1. The largest absolute Gasteiger partial charge is 0.497 e. The molecule has 2 aromatic rings. The summed E-state index contributed by atoms with van der Waals surface area (Å²) in [5.41, 5.74) is 3.27. The van der Waals surface area contributed by atoms with Gasteiger partial charge in [-0.3, -0.25) is 9.69 Å². The third-order valence-corrected chi connectivity index (χ3v) is 5.20. The molecule has 0 aromatic heterocycles. The van der Waals surface area contributed by atoms with Crippen molar-refractivity contribution >= 4 is 5.91 Å². The first-order valence-corrected chi connectivity index (χ1v) is 8.47. The van der Waals surface area contributed by atoms with E-state index in [-0.39, 0.29) is 5.91 Å². The fourth-order valence-corrected chi connectivity index (χ4v) is 3.99. The van der Waals surface area contributed by atoms with Crippen molar-refractivity contribution in [3.05, 3.63) is 65.2 Å². The minimum Gasteiger partial charge on any atom is -0.497 e. The molecule has 124 valence electrons. The van der Waals surface area contributed by atoms with E-state index >= 15 is 0 Å². The number of methoxy groups -OCH3 is 1. The van der Waals surface area contributed by atoms with Crippen LogP contribution in [0.2, 0.25) is 0 Å². The molecule has 4 rings (SSSR count). The van der Waals surface area contributed by atoms with E-state index in [4.69, 9.17) is 4.74 Å². The Balaban J connectivity index is 1.60. The standard InChI is InChI=1S/C20H22N2O2/c1-24-16-7-8-17-18(9-16)20(23)21-10-15-12-22(13-19(15)17)11-14-5-3-2-4-6-14/h2-9,15,19H,10-13H2,1H3,(H,21,23). The van der Waals surface area contributed by atoms with E-state index in [0.717, 1.165) is 43.1 Å². The second-order valence-corrected chi connectivity index (χ2v) is 6.71. The van der Waals surface area contributed by atoms with Crippen LogP contribution in [0.4, 0.5) is 0 Å². The number of carbonyl (C=O) groups is 1. The van der Waals surface area contributed by atoms with Gasteiger partial charge >= 0.3 is 0 Å². The minimum atomic E-state index is 0.0212. The predicted octanol–water partition coefficient (Wildman–Crippen LogP) is 2.65. The fraction of sp³-hybridized carbons (Fsp3) is 0.350. The van der Waals surface area contributed by atoms with Crippen molar-refractivity contribution in [1.82, 2.24) is 10.2 Å². The van der Waals surface area contributed by atoms with E-state index in [1.54, 1.807) is 7.11 Å². The molecule has 0 radical (unpaired) electrons. The highest BCUT2D eigenvalue weighted by Gasteiger charge is 2.38. The molecule has 1 fully saturated rings. The van der Waals surface area contributed by atoms with E-state index in [0.29, 0.717) is 11.8 Å². The summed E-state index contributed by atoms with van der Waals surface area (Å²) in [6.07, 6.45) is 0. The van der Waals surface area contributed by atoms with Gasteiger partial charge in [0.15, 0.2) is 0 Å². The van der Waals surface area contributed by atoms with E-state index in [2.05, 4.69) is 46.6 Å². The van der Waals surface area contributed by atoms with Crippen LogP contribution in [0.3, 0.4) is 0 Å². The lowest BCUT2D eigenvalue weighted by Gasteiger charge is -2.18. The average Bonchev–Trinajstić information content (AvgIpc) is 2.97. The molecule has 2 atom stereocenters. The predicted molar refractivity (Wildman–Crippen MR) is 93.3 cm³/mol. The van der Waals surface area contributed by atoms with Crippen molar-refractivity contribution in [1.29, 1.82) is 0 Å². The molecule has 2 heterocycles. The molecule has 1 saturated heterocycles. The Kier molecular flexibility index (Phi) is 3.98. The molecule has 2 aliphatic heterocycles. The molecule has 1 amide bonds. The van der Waals surface area contributed by atoms with Gasteiger partial charge in [-0.05, 0) is 29.2 Å². The Morgan fingerprint density at radius 1 is 1.17 bits per heavy atom. The second kappa shape index (κ2) is 6.29. The number of fused-ring (bicyclic) bond motifs is 3. The van der Waals surface area contributed by atoms with Gasteiger partial charge in [0, 0.05) is 37.7 Å². The number of hydrogen-bond acceptors (Lipinski definition) is 3. The second-order valence-electron chi connectivity index (χ2n) is 6.71. The number of carbonyl (C=O) groups excluding carboxylic acids is 1. The van der Waals surface area contributed by atoms with Crippen molar-refractivity contribution in [2.75, 3.05) is 26.7 Å². The lowest BCUT2D eigenvalue weighted by Crippen LogP contribution is -2.29. The van der Waals surface area contributed by atoms with Crippen LogP contribution in [0, 0.1) is 5.92 Å². The van der Waals surface area contributed by atoms with Crippen molar-refractivity contribution in [2.45, 2.75) is 12.5 Å². The molecule has 2 aliphatic rings. The number of hydrogen-bond donors (Lipinski definition) is 1. The summed E-state index contributed by atoms with van der Waals surface area (Å²) in [7, 11) is 1.64. The summed E-state index contributed by atoms with van der Waals surface area (Å²) in [5.74, 6) is 1.62. The number of benzene rings is 2. The molecular formula is C20H22N2O2. The van der Waals surface area contributed by atoms with Crippen LogP contribution in [-0.2, 0) is 6.54 Å². The van der Waals surface area contributed by atoms with Crippen LogP contribution < -0.4 is 10.1 Å². The molecule has 0 aliphatic carbocycles. The van der Waals surface area contributed by atoms with Crippen molar-refractivity contribution in [3.63, 3.8) is 0 Å². The Bertz CT molecular complexity index is 745. The Morgan fingerprint density at radius 3 is 2.79 bits per heavy atom. The maximum atomic E-state index is 12.4. The zero-order chi connectivity index (χ0) is 16.5. The highest BCUT2D eigenvalue weighted by Crippen LogP contribution is 2.37. The number of ether oxygens (including phenoxy) is 1. The molecule has 2 unspecified atom stereocenters. The van der Waals surface area contributed by atoms with E-state index < -0.39 is 0 Å². The van der Waals surface area contributed by atoms with Gasteiger partial charge < -0.3 is 10.1 Å². The third-order valence-electron chi connectivity index (χ3n) is 5.20. The smallest absolute Gasteiger partial charge is 0.251 e. The van der Waals surface area contributed by atoms with E-state index in [1.165, 1.54) is 5.56 Å². The topological polar surface area (TPSA) is 41.6 Å². The van der Waals surface area contributed by atoms with Gasteiger partial charge in [-0.1, -0.05) is 36.4 Å². The van der Waals surface area contributed by atoms with Gasteiger partial charge in [0.2, 0.25) is 0 Å². The number of rotatable bonds is 3. The summed E-state index contributed by atoms with van der Waals surface area (Å²) in [4.78, 5) is 14.9. The molecular weight excluding hydrogens is 300 g/mol. The van der Waals surface area contributed by atoms with Crippen LogP contribution in [0.1, 0.15) is 27.4 Å². The number of nitrogens with one attached hydrogen (secondary N) is 1. The Morgan fingerprint density at radius 2 is 2.00 bits per heavy atom. The van der Waals surface area contributed by atoms with Crippen LogP contribution in [0.25, 0.3) is 0 Å². The lowest BCUT2D eigenvalue weighted by atomic mass is 9.87. The van der Waals surface area contributed by atoms with Crippen LogP contribution in [0.15, 0.2) is 48.5 Å². The quantitative estimate of drug-likeness (QED) is 0.944. The average molecular weight is 322 g/mol. The van der Waals surface area contributed by atoms with Crippen molar-refractivity contribution < 1.29 is 9.53 Å². The Hall–Kier alpha value is -2.33. The molecule has 0 saturated carbocycles. The zero-order valence-electron chi connectivity index (χ0n) is 13.9. The van der Waals surface area contributed by atoms with E-state index in [1.807, 2.05) is 12.1 Å². The van der Waals surface area contributed by atoms with Gasteiger partial charge in [0.25, 0.3) is 5.91 Å². The maximum absolute atomic E-state index is 12.4. The first kappa shape index (κ1) is 15.2. The normalized spacial score (nSPS) is 23.1. The van der Waals surface area contributed by atoms with Gasteiger partial charge in [0.1, 0.15) is 5.75 Å². The monoisotopic (exact) mass is 322 g/mol. The van der Waals surface area contributed by atoms with Crippen molar-refractivity contribution in [2.24, 2.45) is 5.92 Å². The third kappa shape index (κ3) is 2.78. The van der Waals surface area contributed by atoms with Crippen molar-refractivity contribution in [3.8, 4) is 5.75 Å². The Labute approximate surface area is 142 Å². The number of amides is 1. The molecule has 2 aromatic carbocycles. The SMILES string of the molecule is COc1ccc2c(c1)C(=O)NCC1CN(Cc3ccccc3)CC21. The van der Waals surface area contributed by atoms with Crippen LogP contribution in [0.5, 0.6) is 5.75 Å². The summed E-state index contributed by atoms with van der Waals surface area (Å²) in [6.45, 7) is 3.72. The summed E-state index contributed by atoms with van der Waals surface area (Å²) in [6, 6.07) is 16.5. The highest BCUT2D eigenvalue weighted by atomic mass is 16.5. The van der Waals surface area contributed by atoms with Gasteiger partial charge in [-0.2, -0.15) is 0 Å². The lowest BCUT2D eigenvalue weighted by molar-refractivity contribution is 0.0950. The minimum absolute atomic E-state index is 0.0212. The summed E-state index contributed by atoms with van der Waals surface area (Å²) in [5, 5.41) is 3.09. The first-order chi connectivity index (χ1) is 11.7. The van der Waals surface area contributed by atoms with Crippen LogP contribution in [-0.4, -0.2) is 37.6 Å². The first-order valence-electron chi connectivity index (χ1n) is 8.47. The molecule has 1 N–H and O–H groups in total. The van der Waals surface area contributed by atoms with Gasteiger partial charge in [-0.25, -0.2) is 0 Å².